The van der Waals surface area contributed by atoms with E-state index < -0.39 is 11.8 Å². The number of hydrogen-bond donors (Lipinski definition) is 3. The molecule has 1 atom stereocenters. The van der Waals surface area contributed by atoms with Crippen LogP contribution in [0.1, 0.15) is 36.2 Å². The lowest BCUT2D eigenvalue weighted by molar-refractivity contribution is -0.123. The van der Waals surface area contributed by atoms with E-state index in [4.69, 9.17) is 21.7 Å². The van der Waals surface area contributed by atoms with Crippen molar-refractivity contribution in [3.63, 3.8) is 0 Å². The number of ether oxygens (including phenoxy) is 2. The van der Waals surface area contributed by atoms with Gasteiger partial charge in [0.15, 0.2) is 11.7 Å². The first-order chi connectivity index (χ1) is 14.3. The number of hydrazine groups is 1. The summed E-state index contributed by atoms with van der Waals surface area (Å²) in [5.74, 6) is 0.337. The molecule has 7 nitrogen and oxygen atoms in total. The van der Waals surface area contributed by atoms with Gasteiger partial charge in [-0.1, -0.05) is 28.9 Å². The fourth-order valence-corrected chi connectivity index (χ4v) is 2.93. The third kappa shape index (κ3) is 7.64. The number of aryl methyl sites for hydroxylation is 1. The average Bonchev–Trinajstić information content (AvgIpc) is 2.71. The molecular formula is C21H24BrN3O4S. The quantitative estimate of drug-likeness (QED) is 0.403. The van der Waals surface area contributed by atoms with Crippen molar-refractivity contribution in [1.82, 2.24) is 16.2 Å². The van der Waals surface area contributed by atoms with E-state index in [2.05, 4.69) is 32.1 Å². The second-order valence-electron chi connectivity index (χ2n) is 6.52. The topological polar surface area (TPSA) is 88.7 Å². The number of benzene rings is 2. The molecular weight excluding hydrogens is 470 g/mol. The molecule has 30 heavy (non-hydrogen) atoms. The molecule has 0 aliphatic carbocycles. The molecule has 0 fully saturated rings. The highest BCUT2D eigenvalue weighted by atomic mass is 79.9. The van der Waals surface area contributed by atoms with Crippen LogP contribution in [0.4, 0.5) is 0 Å². The Kier molecular flexibility index (Phi) is 9.07. The Hall–Kier alpha value is -2.65. The van der Waals surface area contributed by atoms with Crippen LogP contribution in [-0.2, 0) is 4.79 Å². The van der Waals surface area contributed by atoms with Crippen molar-refractivity contribution >= 4 is 45.1 Å². The lowest BCUT2D eigenvalue weighted by atomic mass is 10.2. The summed E-state index contributed by atoms with van der Waals surface area (Å²) in [4.78, 5) is 24.3. The number of rotatable bonds is 7. The lowest BCUT2D eigenvalue weighted by Crippen LogP contribution is -2.49. The molecule has 0 saturated carbocycles. The van der Waals surface area contributed by atoms with E-state index >= 15 is 0 Å². The Morgan fingerprint density at radius 1 is 1.17 bits per heavy atom. The predicted octanol–water partition coefficient (Wildman–Crippen LogP) is 3.65. The van der Waals surface area contributed by atoms with E-state index in [0.717, 1.165) is 16.5 Å². The molecule has 0 heterocycles. The molecule has 2 amide bonds. The second kappa shape index (κ2) is 11.5. The van der Waals surface area contributed by atoms with Crippen molar-refractivity contribution in [2.45, 2.75) is 33.3 Å². The predicted molar refractivity (Wildman–Crippen MR) is 123 cm³/mol. The van der Waals surface area contributed by atoms with Gasteiger partial charge in [0, 0.05) is 10.0 Å². The zero-order valence-electron chi connectivity index (χ0n) is 17.0. The lowest BCUT2D eigenvalue weighted by Gasteiger charge is -2.14. The van der Waals surface area contributed by atoms with Crippen molar-refractivity contribution in [3.05, 3.63) is 58.1 Å². The summed E-state index contributed by atoms with van der Waals surface area (Å²) in [5, 5.41) is 2.46. The van der Waals surface area contributed by atoms with Gasteiger partial charge in [0.1, 0.15) is 11.5 Å². The normalized spacial score (nSPS) is 11.2. The van der Waals surface area contributed by atoms with E-state index in [0.29, 0.717) is 17.1 Å². The van der Waals surface area contributed by atoms with Crippen LogP contribution < -0.4 is 25.6 Å². The van der Waals surface area contributed by atoms with Crippen LogP contribution >= 0.6 is 28.1 Å². The molecule has 2 aromatic rings. The van der Waals surface area contributed by atoms with Crippen LogP contribution in [0.25, 0.3) is 0 Å². The van der Waals surface area contributed by atoms with Crippen LogP contribution in [0.3, 0.4) is 0 Å². The maximum Gasteiger partial charge on any atom is 0.276 e. The summed E-state index contributed by atoms with van der Waals surface area (Å²) in [6, 6.07) is 12.3. The standard InChI is InChI=1S/C21H24BrN3O4S/c1-4-14(3)29-17-7-5-6-15(11-17)20(27)23-21(30)25-24-19(26)12-28-18-9-8-16(22)10-13(18)2/h5-11,14H,4,12H2,1-3H3,(H,24,26)(H2,23,25,27,30). The van der Waals surface area contributed by atoms with Gasteiger partial charge >= 0.3 is 0 Å². The Morgan fingerprint density at radius 2 is 1.93 bits per heavy atom. The molecule has 0 aliphatic rings. The monoisotopic (exact) mass is 493 g/mol. The van der Waals surface area contributed by atoms with Gasteiger partial charge in [-0.05, 0) is 74.4 Å². The van der Waals surface area contributed by atoms with E-state index in [1.165, 1.54) is 0 Å². The third-order valence-electron chi connectivity index (χ3n) is 4.05. The molecule has 9 heteroatoms. The van der Waals surface area contributed by atoms with E-state index in [1.807, 2.05) is 32.9 Å². The number of carbonyl (C=O) groups is 2. The molecule has 160 valence electrons. The highest BCUT2D eigenvalue weighted by Crippen LogP contribution is 2.22. The van der Waals surface area contributed by atoms with Crippen molar-refractivity contribution < 1.29 is 19.1 Å². The summed E-state index contributed by atoms with van der Waals surface area (Å²) in [6.07, 6.45) is 0.902. The van der Waals surface area contributed by atoms with Crippen molar-refractivity contribution in [2.75, 3.05) is 6.61 Å². The van der Waals surface area contributed by atoms with Crippen LogP contribution in [0.5, 0.6) is 11.5 Å². The fourth-order valence-electron chi connectivity index (χ4n) is 2.31. The first kappa shape index (κ1) is 23.6. The second-order valence-corrected chi connectivity index (χ2v) is 7.84. The van der Waals surface area contributed by atoms with E-state index in [9.17, 15) is 9.59 Å². The number of nitrogens with one attached hydrogen (secondary N) is 3. The highest BCUT2D eigenvalue weighted by Gasteiger charge is 2.11. The van der Waals surface area contributed by atoms with E-state index in [1.54, 1.807) is 30.3 Å². The molecule has 1 unspecified atom stereocenters. The molecule has 0 aromatic heterocycles. The number of hydrogen-bond acceptors (Lipinski definition) is 5. The number of amides is 2. The molecule has 0 spiro atoms. The first-order valence-electron chi connectivity index (χ1n) is 9.34. The largest absolute Gasteiger partial charge is 0.491 e. The molecule has 2 rings (SSSR count). The minimum Gasteiger partial charge on any atom is -0.491 e. The van der Waals surface area contributed by atoms with Gasteiger partial charge in [0.2, 0.25) is 0 Å². The Balaban J connectivity index is 1.79. The fraction of sp³-hybridized carbons (Fsp3) is 0.286. The Bertz CT molecular complexity index is 923. The summed E-state index contributed by atoms with van der Waals surface area (Å²) in [5.41, 5.74) is 6.15. The smallest absolute Gasteiger partial charge is 0.276 e. The van der Waals surface area contributed by atoms with Crippen molar-refractivity contribution in [3.8, 4) is 11.5 Å². The van der Waals surface area contributed by atoms with E-state index in [-0.39, 0.29) is 17.8 Å². The summed E-state index contributed by atoms with van der Waals surface area (Å²) in [6.45, 7) is 5.64. The summed E-state index contributed by atoms with van der Waals surface area (Å²) >= 11 is 8.42. The molecule has 0 saturated heterocycles. The van der Waals surface area contributed by atoms with Crippen LogP contribution in [0.2, 0.25) is 0 Å². The maximum absolute atomic E-state index is 12.3. The van der Waals surface area contributed by atoms with Crippen LogP contribution in [-0.4, -0.2) is 29.6 Å². The maximum atomic E-state index is 12.3. The van der Waals surface area contributed by atoms with Gasteiger partial charge in [-0.15, -0.1) is 0 Å². The highest BCUT2D eigenvalue weighted by molar-refractivity contribution is 9.10. The molecule has 3 N–H and O–H groups in total. The number of halogens is 1. The summed E-state index contributed by atoms with van der Waals surface area (Å²) in [7, 11) is 0. The van der Waals surface area contributed by atoms with Gasteiger partial charge in [0.05, 0.1) is 6.10 Å². The van der Waals surface area contributed by atoms with Gasteiger partial charge in [-0.2, -0.15) is 0 Å². The average molecular weight is 494 g/mol. The van der Waals surface area contributed by atoms with Crippen molar-refractivity contribution in [1.29, 1.82) is 0 Å². The molecule has 0 radical (unpaired) electrons. The number of thiocarbonyl (C=S) groups is 1. The minimum atomic E-state index is -0.446. The Labute approximate surface area is 189 Å². The third-order valence-corrected chi connectivity index (χ3v) is 4.74. The molecule has 2 aromatic carbocycles. The minimum absolute atomic E-state index is 0.0404. The van der Waals surface area contributed by atoms with Gasteiger partial charge in [-0.3, -0.25) is 25.8 Å². The van der Waals surface area contributed by atoms with Gasteiger partial charge < -0.3 is 9.47 Å². The van der Waals surface area contributed by atoms with Gasteiger partial charge in [0.25, 0.3) is 11.8 Å². The molecule has 0 aliphatic heterocycles. The SMILES string of the molecule is CCC(C)Oc1cccc(C(=O)NC(=S)NNC(=O)COc2ccc(Br)cc2C)c1. The summed E-state index contributed by atoms with van der Waals surface area (Å²) < 4.78 is 12.1. The van der Waals surface area contributed by atoms with Gasteiger partial charge in [-0.25, -0.2) is 0 Å². The van der Waals surface area contributed by atoms with Crippen LogP contribution in [0, 0.1) is 6.92 Å². The number of carbonyl (C=O) groups excluding carboxylic acids is 2. The molecule has 0 bridgehead atoms. The van der Waals surface area contributed by atoms with Crippen molar-refractivity contribution in [2.24, 2.45) is 0 Å². The first-order valence-corrected chi connectivity index (χ1v) is 10.5. The van der Waals surface area contributed by atoms with Crippen LogP contribution in [0.15, 0.2) is 46.9 Å². The Morgan fingerprint density at radius 3 is 2.63 bits per heavy atom. The zero-order chi connectivity index (χ0) is 22.1. The zero-order valence-corrected chi connectivity index (χ0v) is 19.4.